The Hall–Kier alpha value is -3.49. The van der Waals surface area contributed by atoms with Crippen LogP contribution in [0.3, 0.4) is 0 Å². The number of alkyl halides is 4. The number of carbonyl (C=O) groups excluding carboxylic acids is 2. The smallest absolute Gasteiger partial charge is 0.340 e. The third-order valence-corrected chi connectivity index (χ3v) is 11.7. The minimum absolute atomic E-state index is 0.0990. The number of fused-ring (bicyclic) bond motifs is 1. The van der Waals surface area contributed by atoms with E-state index in [1.807, 2.05) is 0 Å². The van der Waals surface area contributed by atoms with Crippen LogP contribution in [0.2, 0.25) is 0 Å². The highest BCUT2D eigenvalue weighted by Crippen LogP contribution is 2.48. The molecule has 4 rings (SSSR count). The summed E-state index contributed by atoms with van der Waals surface area (Å²) in [7, 11) is -3.12. The first kappa shape index (κ1) is 35.4. The molecule has 2 aliphatic heterocycles. The first-order valence-electron chi connectivity index (χ1n) is 14.7. The number of ketones is 1. The predicted molar refractivity (Wildman–Crippen MR) is 161 cm³/mol. The zero-order chi connectivity index (χ0) is 34.3. The molecule has 9 nitrogen and oxygen atoms in total. The zero-order valence-corrected chi connectivity index (χ0v) is 27.2. The Labute approximate surface area is 264 Å². The van der Waals surface area contributed by atoms with Crippen LogP contribution >= 0.6 is 0 Å². The van der Waals surface area contributed by atoms with Gasteiger partial charge in [0.25, 0.3) is 0 Å². The fourth-order valence-electron chi connectivity index (χ4n) is 5.53. The van der Waals surface area contributed by atoms with Gasteiger partial charge in [-0.25, -0.2) is 26.7 Å². The number of nitrogens with zero attached hydrogens (tertiary/aromatic N) is 4. The van der Waals surface area contributed by atoms with Crippen LogP contribution in [0.15, 0.2) is 39.8 Å². The fraction of sp³-hybridized carbons (Fsp3) is 0.581. The van der Waals surface area contributed by atoms with Gasteiger partial charge in [-0.1, -0.05) is 0 Å². The zero-order valence-electron chi connectivity index (χ0n) is 26.4. The second-order valence-corrected chi connectivity index (χ2v) is 16.0. The molecule has 0 N–H and O–H groups in total. The van der Waals surface area contributed by atoms with E-state index in [0.717, 1.165) is 18.3 Å². The van der Waals surface area contributed by atoms with Crippen molar-refractivity contribution in [3.05, 3.63) is 53.4 Å². The second kappa shape index (κ2) is 12.6. The van der Waals surface area contributed by atoms with Gasteiger partial charge in [0.1, 0.15) is 34.1 Å². The normalized spacial score (nSPS) is 24.4. The molecular formula is C31H37F5N4O5S. The molecular weight excluding hydrogens is 635 g/mol. The Morgan fingerprint density at radius 3 is 2.39 bits per heavy atom. The van der Waals surface area contributed by atoms with E-state index in [1.165, 1.54) is 12.1 Å². The number of Topliss-reactive ketones (excluding diaryl/α,β-unsaturated/α-hetero) is 1. The summed E-state index contributed by atoms with van der Waals surface area (Å²) >= 11 is 0. The number of aromatic nitrogens is 2. The maximum absolute atomic E-state index is 15.6. The van der Waals surface area contributed by atoms with Gasteiger partial charge in [0.2, 0.25) is 0 Å². The lowest BCUT2D eigenvalue weighted by molar-refractivity contribution is -0.153. The lowest BCUT2D eigenvalue weighted by Crippen LogP contribution is -2.59. The van der Waals surface area contributed by atoms with Gasteiger partial charge in [-0.05, 0) is 78.6 Å². The van der Waals surface area contributed by atoms with E-state index < -0.39 is 67.4 Å². The molecule has 0 saturated heterocycles. The van der Waals surface area contributed by atoms with E-state index in [0.29, 0.717) is 19.4 Å². The molecule has 0 unspecified atom stereocenters. The topological polar surface area (TPSA) is 120 Å². The van der Waals surface area contributed by atoms with E-state index in [4.69, 9.17) is 9.73 Å². The first-order valence-corrected chi connectivity index (χ1v) is 16.2. The average molecular weight is 673 g/mol. The third kappa shape index (κ3) is 7.08. The summed E-state index contributed by atoms with van der Waals surface area (Å²) in [5.74, 6) is -6.49. The van der Waals surface area contributed by atoms with Gasteiger partial charge in [-0.3, -0.25) is 19.6 Å². The molecule has 0 aliphatic carbocycles. The number of pyridine rings is 2. The van der Waals surface area contributed by atoms with Crippen LogP contribution in [-0.2, 0) is 31.2 Å². The van der Waals surface area contributed by atoms with Crippen molar-refractivity contribution in [3.63, 3.8) is 0 Å². The number of rotatable bonds is 10. The van der Waals surface area contributed by atoms with Crippen molar-refractivity contribution in [2.75, 3.05) is 13.2 Å². The van der Waals surface area contributed by atoms with Crippen LogP contribution in [0.1, 0.15) is 82.7 Å². The molecule has 0 fully saturated rings. The van der Waals surface area contributed by atoms with Crippen LogP contribution in [0.4, 0.5) is 22.0 Å². The standard InChI is InChI=1S/C31H37F5N4O5S/c1-28(2,3)45-25(42)15-23-29(4,5)46(43)24(8-7-13-38-46)30(6,40-23)26-20(32)11-9-18(39-26)14-22(41)21-12-10-19(16-37-21)44-17-31(35,36)27(33)34/h9-12,16,24,27H,7-8,13-15,17H2,1-6H3/t24-,30+,46-/m1/s1. The molecule has 0 aromatic carbocycles. The molecule has 0 bridgehead atoms. The average Bonchev–Trinajstić information content (AvgIpc) is 2.95. The highest BCUT2D eigenvalue weighted by Gasteiger charge is 2.57. The van der Waals surface area contributed by atoms with Gasteiger partial charge >= 0.3 is 18.3 Å². The Balaban J connectivity index is 1.66. The maximum Gasteiger partial charge on any atom is 0.340 e. The highest BCUT2D eigenvalue weighted by molar-refractivity contribution is 7.96. The van der Waals surface area contributed by atoms with Crippen LogP contribution < -0.4 is 4.74 Å². The molecule has 15 heteroatoms. The van der Waals surface area contributed by atoms with Crippen molar-refractivity contribution in [2.45, 2.75) is 101 Å². The Bertz CT molecular complexity index is 1650. The Morgan fingerprint density at radius 2 is 1.78 bits per heavy atom. The third-order valence-electron chi connectivity index (χ3n) is 7.94. The molecule has 2 aromatic heterocycles. The summed E-state index contributed by atoms with van der Waals surface area (Å²) in [6.45, 7) is 8.97. The lowest BCUT2D eigenvalue weighted by atomic mass is 9.87. The SMILES string of the molecule is CC(C)(C)OC(=O)CC1=N[C@](C)(c2nc(CC(=O)c3ccc(OCC(F)(F)C(F)F)cn3)ccc2F)[C@H]2CCCN=[S@]2(=O)C1(C)C. The number of aliphatic imine (C=N–C) groups is 1. The molecule has 2 aliphatic rings. The van der Waals surface area contributed by atoms with Gasteiger partial charge in [0.15, 0.2) is 12.4 Å². The molecule has 252 valence electrons. The monoisotopic (exact) mass is 672 g/mol. The minimum Gasteiger partial charge on any atom is -0.485 e. The number of ether oxygens (including phenoxy) is 2. The number of halogens is 5. The molecule has 4 heterocycles. The van der Waals surface area contributed by atoms with Crippen molar-refractivity contribution in [2.24, 2.45) is 9.36 Å². The molecule has 0 spiro atoms. The number of hydrogen-bond acceptors (Lipinski definition) is 9. The summed E-state index contributed by atoms with van der Waals surface area (Å²) in [5.41, 5.74) is -2.14. The van der Waals surface area contributed by atoms with Crippen molar-refractivity contribution in [1.82, 2.24) is 9.97 Å². The molecule has 3 atom stereocenters. The summed E-state index contributed by atoms with van der Waals surface area (Å²) < 4.78 is 95.1. The van der Waals surface area contributed by atoms with Crippen LogP contribution in [0.25, 0.3) is 0 Å². The van der Waals surface area contributed by atoms with E-state index in [9.17, 15) is 31.4 Å². The minimum atomic E-state index is -4.36. The van der Waals surface area contributed by atoms with E-state index in [-0.39, 0.29) is 41.4 Å². The van der Waals surface area contributed by atoms with Gasteiger partial charge in [0, 0.05) is 18.0 Å². The van der Waals surface area contributed by atoms with Crippen LogP contribution in [0, 0.1) is 5.82 Å². The molecule has 0 saturated carbocycles. The van der Waals surface area contributed by atoms with Crippen LogP contribution in [-0.4, -0.2) is 72.7 Å². The van der Waals surface area contributed by atoms with Crippen molar-refractivity contribution in [1.29, 1.82) is 0 Å². The van der Waals surface area contributed by atoms with E-state index in [2.05, 4.69) is 19.1 Å². The Kier molecular flexibility index (Phi) is 9.69. The van der Waals surface area contributed by atoms with E-state index in [1.54, 1.807) is 41.5 Å². The largest absolute Gasteiger partial charge is 0.485 e. The Morgan fingerprint density at radius 1 is 1.09 bits per heavy atom. The number of carbonyl (C=O) groups is 2. The van der Waals surface area contributed by atoms with Gasteiger partial charge in [-0.2, -0.15) is 8.78 Å². The molecule has 2 aromatic rings. The highest BCUT2D eigenvalue weighted by atomic mass is 32.2. The lowest BCUT2D eigenvalue weighted by Gasteiger charge is -2.48. The van der Waals surface area contributed by atoms with Crippen molar-refractivity contribution < 1.29 is 45.2 Å². The summed E-state index contributed by atoms with van der Waals surface area (Å²) in [5, 5.41) is -0.745. The van der Waals surface area contributed by atoms with E-state index >= 15 is 4.39 Å². The quantitative estimate of drug-likeness (QED) is 0.169. The van der Waals surface area contributed by atoms with Gasteiger partial charge in [0.05, 0.1) is 38.8 Å². The summed E-state index contributed by atoms with van der Waals surface area (Å²) in [6.07, 6.45) is -2.58. The number of hydrogen-bond donors (Lipinski definition) is 0. The second-order valence-electron chi connectivity index (χ2n) is 13.0. The predicted octanol–water partition coefficient (Wildman–Crippen LogP) is 6.13. The summed E-state index contributed by atoms with van der Waals surface area (Å²) in [4.78, 5) is 39.2. The van der Waals surface area contributed by atoms with Crippen molar-refractivity contribution >= 4 is 27.2 Å². The van der Waals surface area contributed by atoms with Crippen LogP contribution in [0.5, 0.6) is 5.75 Å². The van der Waals surface area contributed by atoms with Crippen molar-refractivity contribution in [3.8, 4) is 5.75 Å². The van der Waals surface area contributed by atoms with Gasteiger partial charge in [-0.15, -0.1) is 0 Å². The maximum atomic E-state index is 15.6. The molecule has 0 amide bonds. The van der Waals surface area contributed by atoms with Gasteiger partial charge < -0.3 is 9.47 Å². The molecule has 0 radical (unpaired) electrons. The fourth-order valence-corrected chi connectivity index (χ4v) is 8.87. The first-order chi connectivity index (χ1) is 21.2. The number of esters is 1. The molecule has 46 heavy (non-hydrogen) atoms. The summed E-state index contributed by atoms with van der Waals surface area (Å²) in [6, 6.07) is 4.76.